The summed E-state index contributed by atoms with van der Waals surface area (Å²) in [6.07, 6.45) is 10.8. The van der Waals surface area contributed by atoms with Crippen molar-refractivity contribution in [2.24, 2.45) is 5.92 Å². The van der Waals surface area contributed by atoms with E-state index in [4.69, 9.17) is 0 Å². The summed E-state index contributed by atoms with van der Waals surface area (Å²) in [6.45, 7) is 0. The summed E-state index contributed by atoms with van der Waals surface area (Å²) in [7, 11) is 0. The Labute approximate surface area is 42.8 Å². The maximum Gasteiger partial charge on any atom is 0.0204 e. The van der Waals surface area contributed by atoms with Gasteiger partial charge in [-0.15, -0.1) is 0 Å². The molecule has 0 saturated carbocycles. The summed E-state index contributed by atoms with van der Waals surface area (Å²) in [5.74, 6) is 0.727. The van der Waals surface area contributed by atoms with Gasteiger partial charge in [-0.1, -0.05) is 30.4 Å². The molecule has 0 fully saturated rings. The van der Waals surface area contributed by atoms with Gasteiger partial charge >= 0.3 is 0 Å². The molecule has 2 aliphatic carbocycles. The molecule has 0 N–H and O–H groups in total. The minimum atomic E-state index is 0.727. The minimum absolute atomic E-state index is 0.727. The molecule has 34 valence electrons. The predicted octanol–water partition coefficient (Wildman–Crippen LogP) is 1.67. The molecule has 0 saturated heterocycles. The van der Waals surface area contributed by atoms with Crippen molar-refractivity contribution >= 4 is 0 Å². The first-order valence-corrected chi connectivity index (χ1v) is 2.53. The second-order valence-electron chi connectivity index (χ2n) is 1.94. The average molecular weight is 90.1 g/mol. The van der Waals surface area contributed by atoms with Crippen molar-refractivity contribution in [3.05, 3.63) is 36.0 Å². The Balaban J connectivity index is 2.38. The first-order valence-electron chi connectivity index (χ1n) is 2.53. The van der Waals surface area contributed by atoms with E-state index in [-0.39, 0.29) is 0 Å². The maximum absolute atomic E-state index is 2.25. The third-order valence-electron chi connectivity index (χ3n) is 1.37. The molecule has 2 aliphatic rings. The summed E-state index contributed by atoms with van der Waals surface area (Å²) in [5, 5.41) is 0. The second kappa shape index (κ2) is 0.890. The van der Waals surface area contributed by atoms with E-state index in [1.807, 2.05) is 0 Å². The lowest BCUT2D eigenvalue weighted by molar-refractivity contribution is 1.19. The lowest BCUT2D eigenvalue weighted by Gasteiger charge is -1.88. The van der Waals surface area contributed by atoms with Crippen LogP contribution in [0.25, 0.3) is 0 Å². The first-order chi connectivity index (χ1) is 3.47. The minimum Gasteiger partial charge on any atom is -0.0732 e. The number of hydrogen-bond acceptors (Lipinski definition) is 0. The van der Waals surface area contributed by atoms with Gasteiger partial charge in [0.2, 0.25) is 0 Å². The Bertz CT molecular complexity index is 170. The topological polar surface area (TPSA) is 0 Å². The summed E-state index contributed by atoms with van der Waals surface area (Å²) in [5.41, 5.74) is 1.49. The molecule has 1 atom stereocenters. The van der Waals surface area contributed by atoms with E-state index >= 15 is 0 Å². The summed E-state index contributed by atoms with van der Waals surface area (Å²) < 4.78 is 0. The Kier molecular flexibility index (Phi) is 0.413. The van der Waals surface area contributed by atoms with Crippen LogP contribution in [0.1, 0.15) is 0 Å². The zero-order chi connectivity index (χ0) is 4.69. The van der Waals surface area contributed by atoms with E-state index < -0.39 is 0 Å². The third kappa shape index (κ3) is 0.362. The van der Waals surface area contributed by atoms with E-state index in [9.17, 15) is 0 Å². The zero-order valence-electron chi connectivity index (χ0n) is 3.96. The fourth-order valence-electron chi connectivity index (χ4n) is 0.843. The highest BCUT2D eigenvalue weighted by molar-refractivity contribution is 5.47. The SMILES string of the molecule is C1=CC2=CC2C=C1. The molecular weight excluding hydrogens is 84.1 g/mol. The van der Waals surface area contributed by atoms with Crippen molar-refractivity contribution in [2.45, 2.75) is 0 Å². The molecule has 0 heterocycles. The van der Waals surface area contributed by atoms with Crippen LogP contribution in [0.5, 0.6) is 0 Å². The Hall–Kier alpha value is -0.780. The Morgan fingerprint density at radius 3 is 2.86 bits per heavy atom. The highest BCUT2D eigenvalue weighted by Gasteiger charge is 2.19. The van der Waals surface area contributed by atoms with Gasteiger partial charge in [0, 0.05) is 5.92 Å². The molecule has 0 spiro atoms. The quantitative estimate of drug-likeness (QED) is 0.424. The highest BCUT2D eigenvalue weighted by Crippen LogP contribution is 2.33. The zero-order valence-corrected chi connectivity index (χ0v) is 3.96. The Morgan fingerprint density at radius 1 is 1.29 bits per heavy atom. The van der Waals surface area contributed by atoms with Gasteiger partial charge < -0.3 is 0 Å². The van der Waals surface area contributed by atoms with Crippen molar-refractivity contribution in [3.63, 3.8) is 0 Å². The highest BCUT2D eigenvalue weighted by atomic mass is 14.2. The summed E-state index contributed by atoms with van der Waals surface area (Å²) in [6, 6.07) is 0. The molecule has 0 amide bonds. The van der Waals surface area contributed by atoms with Gasteiger partial charge in [0.05, 0.1) is 0 Å². The molecule has 7 heavy (non-hydrogen) atoms. The van der Waals surface area contributed by atoms with Crippen molar-refractivity contribution in [1.82, 2.24) is 0 Å². The summed E-state index contributed by atoms with van der Waals surface area (Å²) in [4.78, 5) is 0. The van der Waals surface area contributed by atoms with Gasteiger partial charge in [-0.3, -0.25) is 0 Å². The van der Waals surface area contributed by atoms with E-state index in [2.05, 4.69) is 30.4 Å². The fraction of sp³-hybridized carbons (Fsp3) is 0.143. The van der Waals surface area contributed by atoms with E-state index in [0.717, 1.165) is 5.92 Å². The predicted molar refractivity (Wildman–Crippen MR) is 29.9 cm³/mol. The van der Waals surface area contributed by atoms with Crippen LogP contribution in [0.2, 0.25) is 0 Å². The normalized spacial score (nSPS) is 32.0. The number of fused-ring (bicyclic) bond motifs is 1. The molecule has 2 rings (SSSR count). The van der Waals surface area contributed by atoms with Crippen LogP contribution < -0.4 is 0 Å². The molecule has 0 radical (unpaired) electrons. The first kappa shape index (κ1) is 3.25. The van der Waals surface area contributed by atoms with E-state index in [0.29, 0.717) is 0 Å². The molecular formula is C7H6. The molecule has 0 nitrogen and oxygen atoms in total. The van der Waals surface area contributed by atoms with Crippen LogP contribution in [0.15, 0.2) is 36.0 Å². The lowest BCUT2D eigenvalue weighted by Crippen LogP contribution is -1.73. The lowest BCUT2D eigenvalue weighted by atomic mass is 10.2. The average Bonchev–Trinajstić information content (AvgIpc) is 2.41. The van der Waals surface area contributed by atoms with Gasteiger partial charge in [0.1, 0.15) is 0 Å². The third-order valence-corrected chi connectivity index (χ3v) is 1.37. The van der Waals surface area contributed by atoms with Gasteiger partial charge in [-0.05, 0) is 5.57 Å². The fourth-order valence-corrected chi connectivity index (χ4v) is 0.843. The van der Waals surface area contributed by atoms with E-state index in [1.165, 1.54) is 5.57 Å². The number of rotatable bonds is 0. The van der Waals surface area contributed by atoms with Crippen LogP contribution in [-0.4, -0.2) is 0 Å². The molecule has 0 aromatic rings. The van der Waals surface area contributed by atoms with Crippen molar-refractivity contribution in [2.75, 3.05) is 0 Å². The van der Waals surface area contributed by atoms with Crippen molar-refractivity contribution in [3.8, 4) is 0 Å². The van der Waals surface area contributed by atoms with Crippen molar-refractivity contribution in [1.29, 1.82) is 0 Å². The van der Waals surface area contributed by atoms with Gasteiger partial charge in [-0.25, -0.2) is 0 Å². The Morgan fingerprint density at radius 2 is 2.29 bits per heavy atom. The van der Waals surface area contributed by atoms with Gasteiger partial charge in [0.25, 0.3) is 0 Å². The maximum atomic E-state index is 2.25. The van der Waals surface area contributed by atoms with E-state index in [1.54, 1.807) is 0 Å². The van der Waals surface area contributed by atoms with Crippen LogP contribution in [-0.2, 0) is 0 Å². The number of hydrogen-bond donors (Lipinski definition) is 0. The van der Waals surface area contributed by atoms with Crippen LogP contribution in [0.4, 0.5) is 0 Å². The van der Waals surface area contributed by atoms with Gasteiger partial charge in [0.15, 0.2) is 0 Å². The number of allylic oxidation sites excluding steroid dienone is 6. The van der Waals surface area contributed by atoms with Crippen molar-refractivity contribution < 1.29 is 0 Å². The summed E-state index contributed by atoms with van der Waals surface area (Å²) >= 11 is 0. The van der Waals surface area contributed by atoms with Crippen LogP contribution in [0, 0.1) is 5.92 Å². The molecule has 0 heteroatoms. The van der Waals surface area contributed by atoms with Crippen LogP contribution >= 0.6 is 0 Å². The molecule has 1 unspecified atom stereocenters. The molecule has 0 aromatic carbocycles. The molecule has 0 aliphatic heterocycles. The van der Waals surface area contributed by atoms with Gasteiger partial charge in [-0.2, -0.15) is 0 Å². The molecule has 0 bridgehead atoms. The second-order valence-corrected chi connectivity index (χ2v) is 1.94. The smallest absolute Gasteiger partial charge is 0.0204 e. The monoisotopic (exact) mass is 90.0 g/mol. The largest absolute Gasteiger partial charge is 0.0732 e. The van der Waals surface area contributed by atoms with Crippen LogP contribution in [0.3, 0.4) is 0 Å². The molecule has 0 aromatic heterocycles. The standard InChI is InChI=1S/C7H6/c1-2-4-7-5-6(7)3-1/h1-6H.